The van der Waals surface area contributed by atoms with Crippen LogP contribution in [0.2, 0.25) is 0 Å². The monoisotopic (exact) mass is 366 g/mol. The van der Waals surface area contributed by atoms with Gasteiger partial charge in [0.25, 0.3) is 5.56 Å². The van der Waals surface area contributed by atoms with Crippen molar-refractivity contribution >= 4 is 13.6 Å². The number of aliphatic hydroxyl groups excluding tert-OH is 2. The summed E-state index contributed by atoms with van der Waals surface area (Å²) in [7, 11) is -4.59. The quantitative estimate of drug-likeness (QED) is 0.263. The number of carbonyl (C=O) groups is 1. The predicted octanol–water partition coefficient (Wildman–Crippen LogP) is -3.12. The molecule has 0 unspecified atom stereocenters. The second kappa shape index (κ2) is 6.97. The maximum atomic E-state index is 11.7. The Morgan fingerprint density at radius 3 is 2.58 bits per heavy atom. The highest BCUT2D eigenvalue weighted by atomic mass is 31.2. The van der Waals surface area contributed by atoms with Crippen LogP contribution in [0.25, 0.3) is 0 Å². The summed E-state index contributed by atoms with van der Waals surface area (Å²) < 4.78 is 21.3. The van der Waals surface area contributed by atoms with Gasteiger partial charge in [0.2, 0.25) is 0 Å². The Morgan fingerprint density at radius 2 is 2.00 bits per heavy atom. The zero-order valence-electron chi connectivity index (χ0n) is 12.0. The van der Waals surface area contributed by atoms with E-state index < -0.39 is 62.1 Å². The molecule has 1 aromatic heterocycles. The number of ether oxygens (including phenoxy) is 2. The van der Waals surface area contributed by atoms with Crippen LogP contribution in [-0.4, -0.2) is 66.6 Å². The highest BCUT2D eigenvalue weighted by Crippen LogP contribution is 2.34. The summed E-state index contributed by atoms with van der Waals surface area (Å²) in [5.74, 6) is -1.21. The molecule has 0 aromatic carbocycles. The number of hydrogen-bond acceptors (Lipinski definition) is 8. The minimum atomic E-state index is -4.59. The van der Waals surface area contributed by atoms with E-state index in [2.05, 4.69) is 4.74 Å². The largest absolute Gasteiger partial charge is 0.462 e. The van der Waals surface area contributed by atoms with E-state index in [0.29, 0.717) is 0 Å². The summed E-state index contributed by atoms with van der Waals surface area (Å²) in [6.07, 6.45) is -5.74. The third-order valence-electron chi connectivity index (χ3n) is 3.21. The standard InChI is InChI=1S/C11H15N2O10P/c14-6-1-2-13(11(18)12-6)10-9(17)8(16)5(23-10)3-22-7(15)4-24(19,20)21/h1-2,5,8-10,16-17H,3-4H2,(H,12,14,18)(H2,19,20,21)/t5-,8-,9-,10-/m1/s1. The van der Waals surface area contributed by atoms with Crippen LogP contribution in [0.1, 0.15) is 6.23 Å². The van der Waals surface area contributed by atoms with Crippen molar-refractivity contribution in [2.75, 3.05) is 12.8 Å². The number of H-pyrrole nitrogens is 1. The molecule has 1 aromatic rings. The van der Waals surface area contributed by atoms with Gasteiger partial charge < -0.3 is 29.5 Å². The molecule has 134 valence electrons. The maximum absolute atomic E-state index is 11.7. The van der Waals surface area contributed by atoms with Gasteiger partial charge >= 0.3 is 19.3 Å². The highest BCUT2D eigenvalue weighted by Gasteiger charge is 2.44. The normalized spacial score (nSPS) is 27.2. The van der Waals surface area contributed by atoms with Gasteiger partial charge in [0, 0.05) is 12.3 Å². The van der Waals surface area contributed by atoms with Crippen molar-refractivity contribution in [3.8, 4) is 0 Å². The molecule has 1 saturated heterocycles. The van der Waals surface area contributed by atoms with Crippen LogP contribution < -0.4 is 11.2 Å². The molecule has 0 radical (unpaired) electrons. The summed E-state index contributed by atoms with van der Waals surface area (Å²) in [5, 5.41) is 19.8. The Balaban J connectivity index is 2.05. The SMILES string of the molecule is O=C(CP(=O)(O)O)OC[C@H]1O[C@@H](n2ccc(=O)[nH]c2=O)[C@H](O)[C@@H]1O. The van der Waals surface area contributed by atoms with E-state index in [1.165, 1.54) is 0 Å². The van der Waals surface area contributed by atoms with Crippen molar-refractivity contribution in [2.45, 2.75) is 24.5 Å². The molecular formula is C11H15N2O10P. The second-order valence-electron chi connectivity index (χ2n) is 5.07. The summed E-state index contributed by atoms with van der Waals surface area (Å²) in [5.41, 5.74) is -1.54. The lowest BCUT2D eigenvalue weighted by Crippen LogP contribution is -2.37. The fourth-order valence-electron chi connectivity index (χ4n) is 2.11. The van der Waals surface area contributed by atoms with E-state index >= 15 is 0 Å². The van der Waals surface area contributed by atoms with Crippen LogP contribution in [0.5, 0.6) is 0 Å². The highest BCUT2D eigenvalue weighted by molar-refractivity contribution is 7.52. The van der Waals surface area contributed by atoms with E-state index in [4.69, 9.17) is 14.5 Å². The molecule has 1 fully saturated rings. The van der Waals surface area contributed by atoms with Gasteiger partial charge in [0.05, 0.1) is 0 Å². The Morgan fingerprint density at radius 1 is 1.33 bits per heavy atom. The summed E-state index contributed by atoms with van der Waals surface area (Å²) >= 11 is 0. The number of esters is 1. The number of carbonyl (C=O) groups excluding carboxylic acids is 1. The fraction of sp³-hybridized carbons (Fsp3) is 0.545. The zero-order valence-corrected chi connectivity index (χ0v) is 12.9. The number of aromatic amines is 1. The maximum Gasteiger partial charge on any atom is 0.336 e. The van der Waals surface area contributed by atoms with Crippen molar-refractivity contribution in [3.63, 3.8) is 0 Å². The van der Waals surface area contributed by atoms with Crippen LogP contribution >= 0.6 is 7.60 Å². The van der Waals surface area contributed by atoms with E-state index in [1.54, 1.807) is 0 Å². The minimum Gasteiger partial charge on any atom is -0.462 e. The van der Waals surface area contributed by atoms with Crippen molar-refractivity contribution in [2.24, 2.45) is 0 Å². The lowest BCUT2D eigenvalue weighted by atomic mass is 10.1. The van der Waals surface area contributed by atoms with E-state index in [9.17, 15) is 29.2 Å². The zero-order chi connectivity index (χ0) is 18.1. The first-order valence-corrected chi connectivity index (χ1v) is 8.41. The van der Waals surface area contributed by atoms with Gasteiger partial charge in [-0.15, -0.1) is 0 Å². The lowest BCUT2D eigenvalue weighted by molar-refractivity contribution is -0.147. The average Bonchev–Trinajstić information content (AvgIpc) is 2.71. The van der Waals surface area contributed by atoms with Gasteiger partial charge in [0.15, 0.2) is 6.23 Å². The van der Waals surface area contributed by atoms with Gasteiger partial charge in [-0.25, -0.2) is 4.79 Å². The summed E-state index contributed by atoms with van der Waals surface area (Å²) in [6.45, 7) is -0.592. The van der Waals surface area contributed by atoms with Crippen LogP contribution in [0.15, 0.2) is 21.9 Å². The number of aromatic nitrogens is 2. The Kier molecular flexibility index (Phi) is 5.38. The Labute approximate surface area is 133 Å². The molecule has 2 rings (SSSR count). The minimum absolute atomic E-state index is 0.592. The molecule has 12 nitrogen and oxygen atoms in total. The van der Waals surface area contributed by atoms with Gasteiger partial charge in [-0.05, 0) is 0 Å². The van der Waals surface area contributed by atoms with Gasteiger partial charge in [0.1, 0.15) is 31.1 Å². The molecule has 0 bridgehead atoms. The van der Waals surface area contributed by atoms with E-state index in [0.717, 1.165) is 16.8 Å². The molecule has 1 aliphatic heterocycles. The predicted molar refractivity (Wildman–Crippen MR) is 75.1 cm³/mol. The summed E-state index contributed by atoms with van der Waals surface area (Å²) in [6, 6.07) is 1.01. The first-order valence-electron chi connectivity index (χ1n) is 6.62. The van der Waals surface area contributed by atoms with Gasteiger partial charge in [-0.1, -0.05) is 0 Å². The van der Waals surface area contributed by atoms with Gasteiger partial charge in [-0.2, -0.15) is 0 Å². The molecule has 4 atom stereocenters. The Bertz CT molecular complexity index is 767. The smallest absolute Gasteiger partial charge is 0.336 e. The van der Waals surface area contributed by atoms with Crippen molar-refractivity contribution in [1.82, 2.24) is 9.55 Å². The number of aliphatic hydroxyl groups is 2. The molecule has 0 amide bonds. The molecule has 0 spiro atoms. The molecule has 0 aliphatic carbocycles. The van der Waals surface area contributed by atoms with Gasteiger partial charge in [-0.3, -0.25) is 23.7 Å². The van der Waals surface area contributed by atoms with Crippen molar-refractivity contribution < 1.29 is 38.8 Å². The van der Waals surface area contributed by atoms with Crippen LogP contribution in [-0.2, 0) is 18.8 Å². The summed E-state index contributed by atoms with van der Waals surface area (Å²) in [4.78, 5) is 53.2. The van der Waals surface area contributed by atoms with E-state index in [-0.39, 0.29) is 0 Å². The van der Waals surface area contributed by atoms with E-state index in [1.807, 2.05) is 4.98 Å². The van der Waals surface area contributed by atoms with Crippen molar-refractivity contribution in [3.05, 3.63) is 33.1 Å². The van der Waals surface area contributed by atoms with Crippen molar-refractivity contribution in [1.29, 1.82) is 0 Å². The number of hydrogen-bond donors (Lipinski definition) is 5. The second-order valence-corrected chi connectivity index (χ2v) is 6.72. The fourth-order valence-corrected chi connectivity index (χ4v) is 2.54. The number of nitrogens with zero attached hydrogens (tertiary/aromatic N) is 1. The molecule has 2 heterocycles. The van der Waals surface area contributed by atoms with Crippen LogP contribution in [0.3, 0.4) is 0 Å². The third-order valence-corrected chi connectivity index (χ3v) is 3.88. The topological polar surface area (TPSA) is 188 Å². The molecule has 1 aliphatic rings. The number of rotatable bonds is 5. The van der Waals surface area contributed by atoms with Crippen LogP contribution in [0.4, 0.5) is 0 Å². The first kappa shape index (κ1) is 18.5. The average molecular weight is 366 g/mol. The number of nitrogens with one attached hydrogen (secondary N) is 1. The lowest BCUT2D eigenvalue weighted by Gasteiger charge is -2.16. The molecule has 24 heavy (non-hydrogen) atoms. The third kappa shape index (κ3) is 4.38. The molecule has 5 N–H and O–H groups in total. The molecular weight excluding hydrogens is 351 g/mol. The molecule has 0 saturated carbocycles. The Hall–Kier alpha value is -1.82. The first-order chi connectivity index (χ1) is 11.1. The molecule has 13 heteroatoms. The van der Waals surface area contributed by atoms with Crippen LogP contribution in [0, 0.1) is 0 Å².